The molecule has 0 saturated carbocycles. The van der Waals surface area contributed by atoms with Crippen LogP contribution in [0.1, 0.15) is 25.7 Å². The minimum absolute atomic E-state index is 0.370. The molecule has 7 nitrogen and oxygen atoms in total. The lowest BCUT2D eigenvalue weighted by Crippen LogP contribution is -2.49. The van der Waals surface area contributed by atoms with Crippen molar-refractivity contribution in [1.29, 1.82) is 0 Å². The molecule has 3 saturated heterocycles. The van der Waals surface area contributed by atoms with Gasteiger partial charge in [-0.1, -0.05) is 0 Å². The second kappa shape index (κ2) is 7.68. The van der Waals surface area contributed by atoms with Gasteiger partial charge in [0.1, 0.15) is 15.7 Å². The van der Waals surface area contributed by atoms with Crippen molar-refractivity contribution in [3.63, 3.8) is 0 Å². The van der Waals surface area contributed by atoms with E-state index in [-0.39, 0.29) is 0 Å². The summed E-state index contributed by atoms with van der Waals surface area (Å²) in [5.74, 6) is 3.17. The lowest BCUT2D eigenvalue weighted by atomic mass is 10.0. The number of anilines is 2. The molecule has 1 aromatic heterocycles. The van der Waals surface area contributed by atoms with Gasteiger partial charge >= 0.3 is 0 Å². The molecular weight excluding hydrogens is 350 g/mol. The van der Waals surface area contributed by atoms with Crippen molar-refractivity contribution in [3.8, 4) is 0 Å². The predicted octanol–water partition coefficient (Wildman–Crippen LogP) is 1.02. The number of nitrogens with zero attached hydrogens (tertiary/aromatic N) is 5. The molecule has 8 heteroatoms. The van der Waals surface area contributed by atoms with E-state index >= 15 is 0 Å². The zero-order valence-corrected chi connectivity index (χ0v) is 16.2. The van der Waals surface area contributed by atoms with Gasteiger partial charge in [-0.15, -0.1) is 0 Å². The quantitative estimate of drug-likeness (QED) is 0.774. The molecule has 3 aliphatic rings. The SMILES string of the molecule is O=S1(=O)CCC(CN2CCN(c3nccc(N4CCCC4)n3)CC2)CC1. The largest absolute Gasteiger partial charge is 0.356 e. The molecule has 0 radical (unpaired) electrons. The molecule has 0 atom stereocenters. The topological polar surface area (TPSA) is 69.6 Å². The fraction of sp³-hybridized carbons (Fsp3) is 0.778. The van der Waals surface area contributed by atoms with Gasteiger partial charge in [-0.2, -0.15) is 4.98 Å². The van der Waals surface area contributed by atoms with Crippen molar-refractivity contribution >= 4 is 21.6 Å². The zero-order chi connectivity index (χ0) is 18.0. The van der Waals surface area contributed by atoms with Crippen LogP contribution < -0.4 is 9.80 Å². The van der Waals surface area contributed by atoms with Crippen molar-refractivity contribution < 1.29 is 8.42 Å². The Morgan fingerprint density at radius 1 is 0.962 bits per heavy atom. The number of sulfone groups is 1. The summed E-state index contributed by atoms with van der Waals surface area (Å²) in [6.45, 7) is 7.10. The van der Waals surface area contributed by atoms with E-state index in [4.69, 9.17) is 4.98 Å². The Hall–Kier alpha value is -1.41. The molecule has 3 aliphatic heterocycles. The summed E-state index contributed by atoms with van der Waals surface area (Å²) in [7, 11) is -2.76. The smallest absolute Gasteiger partial charge is 0.227 e. The molecular formula is C18H29N5O2S. The minimum Gasteiger partial charge on any atom is -0.356 e. The van der Waals surface area contributed by atoms with Crippen LogP contribution in [-0.4, -0.2) is 80.6 Å². The second-order valence-electron chi connectivity index (χ2n) is 7.79. The normalized spacial score (nSPS) is 24.9. The first kappa shape index (κ1) is 18.0. The van der Waals surface area contributed by atoms with Crippen LogP contribution in [0.5, 0.6) is 0 Å². The van der Waals surface area contributed by atoms with Gasteiger partial charge in [0.05, 0.1) is 11.5 Å². The van der Waals surface area contributed by atoms with Crippen molar-refractivity contribution in [1.82, 2.24) is 14.9 Å². The maximum Gasteiger partial charge on any atom is 0.227 e. The Kier molecular flexibility index (Phi) is 5.31. The van der Waals surface area contributed by atoms with Gasteiger partial charge in [0.15, 0.2) is 0 Å². The molecule has 0 amide bonds. The number of hydrogen-bond donors (Lipinski definition) is 0. The minimum atomic E-state index is -2.76. The molecule has 26 heavy (non-hydrogen) atoms. The number of rotatable bonds is 4. The first-order valence-electron chi connectivity index (χ1n) is 9.85. The third-order valence-corrected chi connectivity index (χ3v) is 7.62. The van der Waals surface area contributed by atoms with Crippen LogP contribution in [0.3, 0.4) is 0 Å². The van der Waals surface area contributed by atoms with Crippen molar-refractivity contribution in [3.05, 3.63) is 12.3 Å². The average Bonchev–Trinajstić information content (AvgIpc) is 3.19. The van der Waals surface area contributed by atoms with Crippen LogP contribution >= 0.6 is 0 Å². The summed E-state index contributed by atoms with van der Waals surface area (Å²) in [5, 5.41) is 0. The highest BCUT2D eigenvalue weighted by Crippen LogP contribution is 2.22. The van der Waals surface area contributed by atoms with E-state index in [1.54, 1.807) is 0 Å². The van der Waals surface area contributed by atoms with E-state index < -0.39 is 9.84 Å². The summed E-state index contributed by atoms with van der Waals surface area (Å²) in [5.41, 5.74) is 0. The third kappa shape index (κ3) is 4.28. The zero-order valence-electron chi connectivity index (χ0n) is 15.4. The Morgan fingerprint density at radius 3 is 2.35 bits per heavy atom. The summed E-state index contributed by atoms with van der Waals surface area (Å²) in [6, 6.07) is 2.02. The molecule has 4 heterocycles. The first-order valence-corrected chi connectivity index (χ1v) is 11.7. The molecule has 144 valence electrons. The van der Waals surface area contributed by atoms with Gasteiger partial charge in [0, 0.05) is 52.0 Å². The molecule has 0 spiro atoms. The predicted molar refractivity (Wildman–Crippen MR) is 104 cm³/mol. The molecule has 0 aliphatic carbocycles. The maximum absolute atomic E-state index is 11.6. The standard InChI is InChI=1S/C18H29N5O2S/c24-26(25)13-4-16(5-14-26)15-21-9-11-23(12-10-21)18-19-6-3-17(20-18)22-7-1-2-8-22/h3,6,16H,1-2,4-5,7-15H2. The Morgan fingerprint density at radius 2 is 1.65 bits per heavy atom. The molecule has 1 aromatic rings. The molecule has 0 N–H and O–H groups in total. The van der Waals surface area contributed by atoms with E-state index in [0.29, 0.717) is 17.4 Å². The van der Waals surface area contributed by atoms with E-state index in [0.717, 1.165) is 70.4 Å². The average molecular weight is 380 g/mol. The first-order chi connectivity index (χ1) is 12.6. The highest BCUT2D eigenvalue weighted by Gasteiger charge is 2.27. The fourth-order valence-electron chi connectivity index (χ4n) is 4.23. The van der Waals surface area contributed by atoms with E-state index in [1.165, 1.54) is 12.8 Å². The summed E-state index contributed by atoms with van der Waals surface area (Å²) in [6.07, 6.45) is 6.03. The highest BCUT2D eigenvalue weighted by molar-refractivity contribution is 7.91. The van der Waals surface area contributed by atoms with Crippen LogP contribution in [0, 0.1) is 5.92 Å². The molecule has 0 aromatic carbocycles. The lowest BCUT2D eigenvalue weighted by molar-refractivity contribution is 0.210. The summed E-state index contributed by atoms with van der Waals surface area (Å²) < 4.78 is 23.1. The molecule has 0 unspecified atom stereocenters. The number of piperazine rings is 1. The van der Waals surface area contributed by atoms with E-state index in [9.17, 15) is 8.42 Å². The van der Waals surface area contributed by atoms with Crippen molar-refractivity contribution in [2.75, 3.05) is 67.1 Å². The summed E-state index contributed by atoms with van der Waals surface area (Å²) in [4.78, 5) is 16.4. The third-order valence-electron chi connectivity index (χ3n) is 5.90. The van der Waals surface area contributed by atoms with Crippen LogP contribution in [0.2, 0.25) is 0 Å². The Bertz CT molecular complexity index is 698. The van der Waals surface area contributed by atoms with Gasteiger partial charge in [-0.25, -0.2) is 13.4 Å². The number of hydrogen-bond acceptors (Lipinski definition) is 7. The van der Waals surface area contributed by atoms with Gasteiger partial charge in [-0.3, -0.25) is 4.90 Å². The van der Waals surface area contributed by atoms with Gasteiger partial charge in [0.25, 0.3) is 0 Å². The monoisotopic (exact) mass is 379 g/mol. The maximum atomic E-state index is 11.6. The van der Waals surface area contributed by atoms with Crippen molar-refractivity contribution in [2.45, 2.75) is 25.7 Å². The molecule has 0 bridgehead atoms. The van der Waals surface area contributed by atoms with Crippen LogP contribution in [0.4, 0.5) is 11.8 Å². The summed E-state index contributed by atoms with van der Waals surface area (Å²) >= 11 is 0. The van der Waals surface area contributed by atoms with Crippen LogP contribution in [0.15, 0.2) is 12.3 Å². The Labute approximate surface area is 156 Å². The van der Waals surface area contributed by atoms with E-state index in [1.807, 2.05) is 12.3 Å². The molecule has 3 fully saturated rings. The van der Waals surface area contributed by atoms with Crippen LogP contribution in [-0.2, 0) is 9.84 Å². The lowest BCUT2D eigenvalue weighted by Gasteiger charge is -2.37. The highest BCUT2D eigenvalue weighted by atomic mass is 32.2. The van der Waals surface area contributed by atoms with Crippen LogP contribution in [0.25, 0.3) is 0 Å². The second-order valence-corrected chi connectivity index (χ2v) is 10.1. The van der Waals surface area contributed by atoms with E-state index in [2.05, 4.69) is 19.7 Å². The van der Waals surface area contributed by atoms with Gasteiger partial charge < -0.3 is 9.80 Å². The van der Waals surface area contributed by atoms with Gasteiger partial charge in [0.2, 0.25) is 5.95 Å². The number of aromatic nitrogens is 2. The van der Waals surface area contributed by atoms with Crippen molar-refractivity contribution in [2.24, 2.45) is 5.92 Å². The fourth-order valence-corrected chi connectivity index (χ4v) is 5.82. The Balaban J connectivity index is 1.29. The van der Waals surface area contributed by atoms with Gasteiger partial charge in [-0.05, 0) is 37.7 Å². The molecule has 4 rings (SSSR count).